The summed E-state index contributed by atoms with van der Waals surface area (Å²) in [5, 5.41) is 16.3. The number of H-pyrrole nitrogens is 1. The lowest BCUT2D eigenvalue weighted by Gasteiger charge is -2.24. The molecule has 34 heavy (non-hydrogen) atoms. The van der Waals surface area contributed by atoms with E-state index in [-0.39, 0.29) is 25.3 Å². The van der Waals surface area contributed by atoms with E-state index in [1.165, 1.54) is 24.3 Å². The molecule has 0 saturated carbocycles. The summed E-state index contributed by atoms with van der Waals surface area (Å²) >= 11 is 1.54. The minimum absolute atomic E-state index is 0.0269. The van der Waals surface area contributed by atoms with E-state index in [1.54, 1.807) is 0 Å². The fourth-order valence-electron chi connectivity index (χ4n) is 2.81. The monoisotopic (exact) mass is 499 g/mol. The second kappa shape index (κ2) is 15.5. The van der Waals surface area contributed by atoms with Crippen molar-refractivity contribution in [2.24, 2.45) is 22.2 Å². The highest BCUT2D eigenvalue weighted by molar-refractivity contribution is 7.98. The van der Waals surface area contributed by atoms with Crippen LogP contribution >= 0.6 is 11.8 Å². The first-order chi connectivity index (χ1) is 16.1. The van der Waals surface area contributed by atoms with Crippen LogP contribution in [0.4, 0.5) is 0 Å². The number of aliphatic carboxylic acids is 1. The number of aromatic amines is 1. The van der Waals surface area contributed by atoms with E-state index in [0.717, 1.165) is 0 Å². The number of hydrogen-bond donors (Lipinski definition) is 8. The smallest absolute Gasteiger partial charge is 0.322 e. The number of thioether (sulfide) groups is 1. The summed E-state index contributed by atoms with van der Waals surface area (Å²) in [5.41, 5.74) is 17.1. The second-order valence-electron chi connectivity index (χ2n) is 7.35. The van der Waals surface area contributed by atoms with Gasteiger partial charge in [0.1, 0.15) is 18.6 Å². The molecule has 15 heteroatoms. The van der Waals surface area contributed by atoms with Gasteiger partial charge in [0.15, 0.2) is 5.96 Å². The van der Waals surface area contributed by atoms with E-state index in [9.17, 15) is 19.2 Å². The summed E-state index contributed by atoms with van der Waals surface area (Å²) in [6, 6.07) is -2.94. The van der Waals surface area contributed by atoms with Gasteiger partial charge in [0.05, 0.1) is 12.4 Å². The van der Waals surface area contributed by atoms with Crippen LogP contribution in [0.25, 0.3) is 0 Å². The summed E-state index contributed by atoms with van der Waals surface area (Å²) in [4.78, 5) is 59.5. The van der Waals surface area contributed by atoms with Crippen LogP contribution in [-0.2, 0) is 25.6 Å². The molecule has 0 saturated heterocycles. The third kappa shape index (κ3) is 11.5. The molecular weight excluding hydrogens is 466 g/mol. The number of nitrogens with one attached hydrogen (secondary N) is 4. The molecule has 0 spiro atoms. The van der Waals surface area contributed by atoms with Gasteiger partial charge < -0.3 is 43.2 Å². The van der Waals surface area contributed by atoms with Crippen LogP contribution in [0.2, 0.25) is 0 Å². The van der Waals surface area contributed by atoms with E-state index >= 15 is 0 Å². The number of amides is 3. The molecule has 0 aliphatic heterocycles. The van der Waals surface area contributed by atoms with Gasteiger partial charge in [-0.1, -0.05) is 0 Å². The Balaban J connectivity index is 2.94. The molecule has 11 N–H and O–H groups in total. The highest BCUT2D eigenvalue weighted by Crippen LogP contribution is 2.05. The van der Waals surface area contributed by atoms with Crippen LogP contribution in [-0.4, -0.2) is 87.9 Å². The van der Waals surface area contributed by atoms with Gasteiger partial charge in [0, 0.05) is 24.9 Å². The lowest BCUT2D eigenvalue weighted by molar-refractivity contribution is -0.138. The molecule has 3 amide bonds. The van der Waals surface area contributed by atoms with E-state index in [2.05, 4.69) is 30.9 Å². The zero-order valence-corrected chi connectivity index (χ0v) is 19.8. The van der Waals surface area contributed by atoms with Crippen molar-refractivity contribution in [3.63, 3.8) is 0 Å². The minimum atomic E-state index is -1.23. The molecule has 1 rings (SSSR count). The SMILES string of the molecule is CSCCC(N)C(=O)NC(CCCN=C(N)N)C(=O)NC(Cc1cnc[nH]1)C(=O)NCC(=O)O. The quantitative estimate of drug-likeness (QED) is 0.0662. The van der Waals surface area contributed by atoms with Crippen molar-refractivity contribution in [2.75, 3.05) is 25.1 Å². The topological polar surface area (TPSA) is 244 Å². The van der Waals surface area contributed by atoms with E-state index in [0.29, 0.717) is 24.3 Å². The van der Waals surface area contributed by atoms with E-state index < -0.39 is 48.4 Å². The number of carboxylic acid groups (broad SMARTS) is 1. The summed E-state index contributed by atoms with van der Waals surface area (Å²) in [6.07, 6.45) is 5.77. The maximum atomic E-state index is 13.0. The third-order valence-electron chi connectivity index (χ3n) is 4.57. The molecule has 190 valence electrons. The van der Waals surface area contributed by atoms with Crippen LogP contribution < -0.4 is 33.2 Å². The van der Waals surface area contributed by atoms with Gasteiger partial charge in [0.25, 0.3) is 0 Å². The molecule has 0 radical (unpaired) electrons. The Hall–Kier alpha value is -3.33. The standard InChI is InChI=1S/C19H33N9O5S/c1-34-6-4-12(20)16(31)27-13(3-2-5-24-19(21)22)18(33)28-14(7-11-8-23-10-26-11)17(32)25-9-15(29)30/h8,10,12-14H,2-7,9,20H2,1H3,(H,23,26)(H,25,32)(H,27,31)(H,28,33)(H,29,30)(H4,21,22,24). The Bertz CT molecular complexity index is 830. The van der Waals surface area contributed by atoms with E-state index in [4.69, 9.17) is 22.3 Å². The number of carbonyl (C=O) groups excluding carboxylic acids is 3. The van der Waals surface area contributed by atoms with Crippen LogP contribution in [0.15, 0.2) is 17.5 Å². The molecule has 3 atom stereocenters. The predicted octanol–water partition coefficient (Wildman–Crippen LogP) is -2.74. The number of rotatable bonds is 16. The summed E-state index contributed by atoms with van der Waals surface area (Å²) in [5.74, 6) is -2.50. The van der Waals surface area contributed by atoms with Gasteiger partial charge in [-0.15, -0.1) is 0 Å². The van der Waals surface area contributed by atoms with Crippen molar-refractivity contribution in [3.05, 3.63) is 18.2 Å². The zero-order valence-electron chi connectivity index (χ0n) is 19.0. The average molecular weight is 500 g/mol. The Morgan fingerprint density at radius 2 is 1.85 bits per heavy atom. The summed E-state index contributed by atoms with van der Waals surface area (Å²) in [6.45, 7) is -0.381. The Morgan fingerprint density at radius 1 is 1.15 bits per heavy atom. The maximum absolute atomic E-state index is 13.0. The molecule has 0 aromatic carbocycles. The average Bonchev–Trinajstić information content (AvgIpc) is 3.29. The molecular formula is C19H33N9O5S. The zero-order chi connectivity index (χ0) is 25.5. The molecule has 0 fully saturated rings. The molecule has 1 heterocycles. The van der Waals surface area contributed by atoms with Crippen LogP contribution in [0.5, 0.6) is 0 Å². The molecule has 0 aliphatic carbocycles. The van der Waals surface area contributed by atoms with Gasteiger partial charge >= 0.3 is 5.97 Å². The number of imidazole rings is 1. The Labute approximate surface area is 201 Å². The lowest BCUT2D eigenvalue weighted by Crippen LogP contribution is -2.56. The van der Waals surface area contributed by atoms with Crippen molar-refractivity contribution in [2.45, 2.75) is 43.8 Å². The first kappa shape index (κ1) is 28.7. The Kier molecular flexibility index (Phi) is 13.1. The number of carboxylic acids is 1. The summed E-state index contributed by atoms with van der Waals surface area (Å²) < 4.78 is 0. The number of aliphatic imine (C=N–C) groups is 1. The number of aromatic nitrogens is 2. The molecule has 14 nitrogen and oxygen atoms in total. The molecule has 1 aromatic heterocycles. The van der Waals surface area contributed by atoms with Gasteiger partial charge in [-0.25, -0.2) is 4.98 Å². The number of carbonyl (C=O) groups is 4. The second-order valence-corrected chi connectivity index (χ2v) is 8.34. The van der Waals surface area contributed by atoms with Crippen LogP contribution in [0.3, 0.4) is 0 Å². The van der Waals surface area contributed by atoms with Crippen LogP contribution in [0, 0.1) is 0 Å². The van der Waals surface area contributed by atoms with Gasteiger partial charge in [-0.2, -0.15) is 11.8 Å². The lowest BCUT2D eigenvalue weighted by atomic mass is 10.1. The van der Waals surface area contributed by atoms with Crippen LogP contribution in [0.1, 0.15) is 25.0 Å². The van der Waals surface area contributed by atoms with Crippen molar-refractivity contribution in [3.8, 4) is 0 Å². The molecule has 0 bridgehead atoms. The van der Waals surface area contributed by atoms with E-state index in [1.807, 2.05) is 6.26 Å². The first-order valence-electron chi connectivity index (χ1n) is 10.5. The van der Waals surface area contributed by atoms with Crippen molar-refractivity contribution < 1.29 is 24.3 Å². The number of hydrogen-bond acceptors (Lipinski definition) is 8. The van der Waals surface area contributed by atoms with Gasteiger partial charge in [-0.05, 0) is 31.3 Å². The number of guanidine groups is 1. The van der Waals surface area contributed by atoms with Crippen molar-refractivity contribution >= 4 is 41.4 Å². The van der Waals surface area contributed by atoms with Gasteiger partial charge in [0.2, 0.25) is 17.7 Å². The number of nitrogens with zero attached hydrogens (tertiary/aromatic N) is 2. The minimum Gasteiger partial charge on any atom is -0.480 e. The predicted molar refractivity (Wildman–Crippen MR) is 128 cm³/mol. The molecule has 0 aliphatic rings. The summed E-state index contributed by atoms with van der Waals surface area (Å²) in [7, 11) is 0. The number of nitrogens with two attached hydrogens (primary N) is 3. The molecule has 1 aromatic rings. The fourth-order valence-corrected chi connectivity index (χ4v) is 3.30. The largest absolute Gasteiger partial charge is 0.480 e. The highest BCUT2D eigenvalue weighted by atomic mass is 32.2. The third-order valence-corrected chi connectivity index (χ3v) is 5.22. The normalized spacial score (nSPS) is 13.2. The van der Waals surface area contributed by atoms with Crippen molar-refractivity contribution in [1.29, 1.82) is 0 Å². The Morgan fingerprint density at radius 3 is 2.44 bits per heavy atom. The van der Waals surface area contributed by atoms with Gasteiger partial charge in [-0.3, -0.25) is 24.2 Å². The first-order valence-corrected chi connectivity index (χ1v) is 11.9. The van der Waals surface area contributed by atoms with Crippen molar-refractivity contribution in [1.82, 2.24) is 25.9 Å². The molecule has 3 unspecified atom stereocenters. The maximum Gasteiger partial charge on any atom is 0.322 e. The fraction of sp³-hybridized carbons (Fsp3) is 0.579. The highest BCUT2D eigenvalue weighted by Gasteiger charge is 2.28.